The third kappa shape index (κ3) is 8.56. The van der Waals surface area contributed by atoms with Crippen LogP contribution in [0.15, 0.2) is 0 Å². The lowest BCUT2D eigenvalue weighted by Gasteiger charge is -2.36. The van der Waals surface area contributed by atoms with Crippen LogP contribution in [0.3, 0.4) is 0 Å². The van der Waals surface area contributed by atoms with Gasteiger partial charge < -0.3 is 4.43 Å². The van der Waals surface area contributed by atoms with E-state index >= 15 is 0 Å². The first-order valence-corrected chi connectivity index (χ1v) is 10.5. The molecule has 116 valence electrons. The molecule has 0 unspecified atom stereocenters. The highest BCUT2D eigenvalue weighted by atomic mass is 28.4. The lowest BCUT2D eigenvalue weighted by atomic mass is 10.1. The average molecular weight is 305 g/mol. The minimum atomic E-state index is -1.62. The van der Waals surface area contributed by atoms with Gasteiger partial charge in [0, 0.05) is 19.4 Å². The molecule has 0 heterocycles. The van der Waals surface area contributed by atoms with Gasteiger partial charge in [0.25, 0.3) is 0 Å². The Morgan fingerprint density at radius 2 is 1.52 bits per heavy atom. The third-order valence-electron chi connectivity index (χ3n) is 3.95. The molecule has 0 spiro atoms. The van der Waals surface area contributed by atoms with Crippen LogP contribution in [0.2, 0.25) is 18.1 Å². The van der Waals surface area contributed by atoms with Crippen LogP contribution >= 0.6 is 0 Å². The number of unbranched alkanes of at least 4 members (excludes halogenated alkanes) is 2. The van der Waals surface area contributed by atoms with Crippen molar-refractivity contribution in [1.29, 1.82) is 10.5 Å². The second kappa shape index (κ2) is 9.62. The first-order chi connectivity index (χ1) is 9.74. The molecule has 4 heteroatoms. The van der Waals surface area contributed by atoms with Crippen LogP contribution < -0.4 is 0 Å². The van der Waals surface area contributed by atoms with Crippen molar-refractivity contribution in [2.45, 2.75) is 71.0 Å². The highest BCUT2D eigenvalue weighted by Gasteiger charge is 2.36. The summed E-state index contributed by atoms with van der Waals surface area (Å²) in [6.07, 6.45) is 4.03. The second-order valence-electron chi connectivity index (χ2n) is 6.77. The highest BCUT2D eigenvalue weighted by molar-refractivity contribution is 6.74. The van der Waals surface area contributed by atoms with Crippen molar-refractivity contribution < 1.29 is 4.43 Å². The van der Waals surface area contributed by atoms with Gasteiger partial charge in [0.2, 0.25) is 0 Å². The molecule has 0 aromatic rings. The molecule has 0 amide bonds. The van der Waals surface area contributed by atoms with Crippen molar-refractivity contribution in [3.05, 3.63) is 0 Å². The number of hydrogen-bond acceptors (Lipinski definition) is 3. The van der Waals surface area contributed by atoms with Crippen LogP contribution in [0.25, 0.3) is 0 Å². The van der Waals surface area contributed by atoms with Gasteiger partial charge in [-0.25, -0.2) is 0 Å². The molecule has 0 saturated carbocycles. The van der Waals surface area contributed by atoms with E-state index in [0.717, 1.165) is 32.3 Å². The predicted octanol–water partition coefficient (Wildman–Crippen LogP) is 4.63. The van der Waals surface area contributed by atoms with E-state index in [1.54, 1.807) is 0 Å². The van der Waals surface area contributed by atoms with Gasteiger partial charge in [0.1, 0.15) is 5.92 Å². The molecule has 21 heavy (non-hydrogen) atoms. The van der Waals surface area contributed by atoms with Crippen LogP contribution in [0.5, 0.6) is 0 Å². The van der Waals surface area contributed by atoms with Crippen molar-refractivity contribution >= 4 is 8.32 Å². The van der Waals surface area contributed by atoms with Gasteiger partial charge in [-0.3, -0.25) is 0 Å². The van der Waals surface area contributed by atoms with E-state index < -0.39 is 14.2 Å². The zero-order valence-electron chi connectivity index (χ0n) is 14.1. The molecule has 0 saturated heterocycles. The monoisotopic (exact) mass is 304 g/mol. The quantitative estimate of drug-likeness (QED) is 0.391. The van der Waals surface area contributed by atoms with Gasteiger partial charge in [0.15, 0.2) is 8.32 Å². The molecular weight excluding hydrogens is 276 g/mol. The zero-order chi connectivity index (χ0) is 16.4. The molecule has 0 aliphatic carbocycles. The number of hydrogen-bond donors (Lipinski definition) is 0. The minimum Gasteiger partial charge on any atom is -0.417 e. The standard InChI is InChI=1S/C17H28N2OSi/c1-17(2,3)21(4,5)20-13-11-9-7-6-8-10-12-16(14-18)15-19/h16H,8-13H2,1-5H3. The lowest BCUT2D eigenvalue weighted by molar-refractivity contribution is 0.284. The van der Waals surface area contributed by atoms with Gasteiger partial charge in [-0.1, -0.05) is 20.8 Å². The van der Waals surface area contributed by atoms with E-state index in [2.05, 4.69) is 45.7 Å². The maximum atomic E-state index is 8.63. The average Bonchev–Trinajstić information content (AvgIpc) is 2.40. The largest absolute Gasteiger partial charge is 0.417 e. The Bertz CT molecular complexity index is 427. The fraction of sp³-hybridized carbons (Fsp3) is 0.765. The molecule has 0 aromatic heterocycles. The molecular formula is C17H28N2OSi. The van der Waals surface area contributed by atoms with Crippen molar-refractivity contribution in [2.24, 2.45) is 5.92 Å². The summed E-state index contributed by atoms with van der Waals surface area (Å²) in [6.45, 7) is 12.0. The summed E-state index contributed by atoms with van der Waals surface area (Å²) in [5.41, 5.74) is 0. The van der Waals surface area contributed by atoms with E-state index in [1.807, 2.05) is 12.1 Å². The summed E-state index contributed by atoms with van der Waals surface area (Å²) >= 11 is 0. The summed E-state index contributed by atoms with van der Waals surface area (Å²) in [7, 11) is -1.62. The van der Waals surface area contributed by atoms with Crippen LogP contribution in [-0.2, 0) is 4.43 Å². The SMILES string of the molecule is CC(C)(C)[Si](C)(C)OCCCC#CCCCC(C#N)C#N. The Hall–Kier alpha value is -1.28. The molecule has 0 N–H and O–H groups in total. The zero-order valence-corrected chi connectivity index (χ0v) is 15.1. The van der Waals surface area contributed by atoms with E-state index in [-0.39, 0.29) is 5.04 Å². The fourth-order valence-corrected chi connectivity index (χ4v) is 2.52. The Labute approximate surface area is 131 Å². The number of rotatable bonds is 7. The fourth-order valence-electron chi connectivity index (χ4n) is 1.43. The maximum absolute atomic E-state index is 8.63. The summed E-state index contributed by atoms with van der Waals surface area (Å²) in [6, 6.07) is 3.95. The van der Waals surface area contributed by atoms with E-state index in [0.29, 0.717) is 6.42 Å². The molecule has 0 fully saturated rings. The van der Waals surface area contributed by atoms with Crippen molar-refractivity contribution in [3.63, 3.8) is 0 Å². The van der Waals surface area contributed by atoms with Gasteiger partial charge in [0.05, 0.1) is 12.1 Å². The van der Waals surface area contributed by atoms with Crippen LogP contribution in [0.4, 0.5) is 0 Å². The Kier molecular flexibility index (Phi) is 9.03. The molecule has 0 aliphatic heterocycles. The van der Waals surface area contributed by atoms with Gasteiger partial charge in [-0.15, -0.1) is 11.8 Å². The molecule has 0 bridgehead atoms. The predicted molar refractivity (Wildman–Crippen MR) is 88.7 cm³/mol. The van der Waals surface area contributed by atoms with Gasteiger partial charge >= 0.3 is 0 Å². The Morgan fingerprint density at radius 3 is 2.00 bits per heavy atom. The van der Waals surface area contributed by atoms with Gasteiger partial charge in [-0.05, 0) is 37.4 Å². The summed E-state index contributed by atoms with van der Waals surface area (Å²) < 4.78 is 6.08. The number of nitrogens with zero attached hydrogens (tertiary/aromatic N) is 2. The van der Waals surface area contributed by atoms with E-state index in [4.69, 9.17) is 14.9 Å². The minimum absolute atomic E-state index is 0.261. The summed E-state index contributed by atoms with van der Waals surface area (Å²) in [4.78, 5) is 0. The van der Waals surface area contributed by atoms with Crippen LogP contribution in [0.1, 0.15) is 52.9 Å². The summed E-state index contributed by atoms with van der Waals surface area (Å²) in [5.74, 6) is 5.76. The lowest BCUT2D eigenvalue weighted by Crippen LogP contribution is -2.40. The van der Waals surface area contributed by atoms with Crippen LogP contribution in [-0.4, -0.2) is 14.9 Å². The molecule has 3 nitrogen and oxygen atoms in total. The van der Waals surface area contributed by atoms with Gasteiger partial charge in [-0.2, -0.15) is 10.5 Å². The normalized spacial score (nSPS) is 11.4. The van der Waals surface area contributed by atoms with Crippen LogP contribution in [0, 0.1) is 40.4 Å². The summed E-state index contributed by atoms with van der Waals surface area (Å²) in [5, 5.41) is 17.5. The molecule has 0 aliphatic rings. The van der Waals surface area contributed by atoms with E-state index in [1.165, 1.54) is 0 Å². The highest BCUT2D eigenvalue weighted by Crippen LogP contribution is 2.36. The molecule has 0 radical (unpaired) electrons. The first-order valence-electron chi connectivity index (χ1n) is 7.63. The van der Waals surface area contributed by atoms with Crippen molar-refractivity contribution in [1.82, 2.24) is 0 Å². The van der Waals surface area contributed by atoms with Crippen molar-refractivity contribution in [2.75, 3.05) is 6.61 Å². The Morgan fingerprint density at radius 1 is 1.00 bits per heavy atom. The molecule has 0 atom stereocenters. The molecule has 0 aromatic carbocycles. The van der Waals surface area contributed by atoms with Crippen molar-refractivity contribution in [3.8, 4) is 24.0 Å². The molecule has 0 rings (SSSR count). The second-order valence-corrected chi connectivity index (χ2v) is 11.6. The third-order valence-corrected chi connectivity index (χ3v) is 8.48. The smallest absolute Gasteiger partial charge is 0.191 e. The topological polar surface area (TPSA) is 56.8 Å². The first kappa shape index (κ1) is 19.7. The Balaban J connectivity index is 3.73. The maximum Gasteiger partial charge on any atom is 0.191 e. The van der Waals surface area contributed by atoms with E-state index in [9.17, 15) is 0 Å². The number of nitriles is 2.